The molecule has 5 rings (SSSR count). The number of nitrogens with one attached hydrogen (secondary N) is 1. The van der Waals surface area contributed by atoms with Crippen molar-refractivity contribution in [1.82, 2.24) is 10.2 Å². The third kappa shape index (κ3) is 4.51. The molecule has 2 amide bonds. The average molecular weight is 477 g/mol. The molecule has 7 nitrogen and oxygen atoms in total. The third-order valence-electron chi connectivity index (χ3n) is 7.77. The molecule has 184 valence electrons. The molecular weight excluding hydrogens is 444 g/mol. The van der Waals surface area contributed by atoms with Gasteiger partial charge in [-0.05, 0) is 46.4 Å². The molecule has 1 heterocycles. The highest BCUT2D eigenvalue weighted by Crippen LogP contribution is 2.44. The summed E-state index contributed by atoms with van der Waals surface area (Å²) in [5, 5.41) is 12.6. The van der Waals surface area contributed by atoms with Gasteiger partial charge in [-0.15, -0.1) is 0 Å². The summed E-state index contributed by atoms with van der Waals surface area (Å²) >= 11 is 0. The molecule has 1 saturated carbocycles. The van der Waals surface area contributed by atoms with E-state index in [0.29, 0.717) is 25.3 Å². The van der Waals surface area contributed by atoms with E-state index in [9.17, 15) is 19.5 Å². The first-order chi connectivity index (χ1) is 16.8. The maximum Gasteiger partial charge on any atom is 0.407 e. The summed E-state index contributed by atoms with van der Waals surface area (Å²) in [6.45, 7) is 4.27. The van der Waals surface area contributed by atoms with Crippen LogP contribution in [-0.4, -0.2) is 53.2 Å². The molecule has 0 bridgehead atoms. The fourth-order valence-electron chi connectivity index (χ4n) is 5.69. The number of amides is 2. The predicted octanol–water partition coefficient (Wildman–Crippen LogP) is 4.41. The molecule has 1 saturated heterocycles. The van der Waals surface area contributed by atoms with Gasteiger partial charge in [-0.2, -0.15) is 0 Å². The largest absolute Gasteiger partial charge is 0.480 e. The van der Waals surface area contributed by atoms with Gasteiger partial charge in [0.2, 0.25) is 5.91 Å². The van der Waals surface area contributed by atoms with Crippen molar-refractivity contribution in [1.29, 1.82) is 0 Å². The Hall–Kier alpha value is -3.35. The van der Waals surface area contributed by atoms with E-state index >= 15 is 0 Å². The van der Waals surface area contributed by atoms with Crippen LogP contribution in [0, 0.1) is 11.3 Å². The molecule has 2 atom stereocenters. The van der Waals surface area contributed by atoms with Gasteiger partial charge in [0, 0.05) is 12.5 Å². The molecule has 3 aliphatic rings. The van der Waals surface area contributed by atoms with E-state index in [1.54, 1.807) is 0 Å². The Bertz CT molecular complexity index is 1110. The second kappa shape index (κ2) is 9.02. The lowest BCUT2D eigenvalue weighted by molar-refractivity contribution is -0.152. The first kappa shape index (κ1) is 23.4. The highest BCUT2D eigenvalue weighted by Gasteiger charge is 2.49. The van der Waals surface area contributed by atoms with Gasteiger partial charge >= 0.3 is 12.1 Å². The number of rotatable bonds is 7. The number of ether oxygens (including phenoxy) is 1. The van der Waals surface area contributed by atoms with Gasteiger partial charge in [0.05, 0.1) is 0 Å². The minimum absolute atomic E-state index is 0.0681. The molecule has 0 spiro atoms. The Kier molecular flexibility index (Phi) is 6.03. The maximum atomic E-state index is 13.4. The number of fused-ring (bicyclic) bond motifs is 3. The van der Waals surface area contributed by atoms with Crippen LogP contribution >= 0.6 is 0 Å². The summed E-state index contributed by atoms with van der Waals surface area (Å²) in [5.41, 5.74) is 4.02. The first-order valence-corrected chi connectivity index (χ1v) is 12.4. The highest BCUT2D eigenvalue weighted by molar-refractivity contribution is 5.90. The average Bonchev–Trinajstić information content (AvgIpc) is 3.51. The molecule has 2 aromatic carbocycles. The summed E-state index contributed by atoms with van der Waals surface area (Å²) in [6.07, 6.45) is 2.51. The third-order valence-corrected chi connectivity index (χ3v) is 7.77. The number of carboxylic acids is 1. The highest BCUT2D eigenvalue weighted by atomic mass is 16.5. The number of hydrogen-bond donors (Lipinski definition) is 2. The van der Waals surface area contributed by atoms with Crippen molar-refractivity contribution in [2.24, 2.45) is 11.3 Å². The lowest BCUT2D eigenvalue weighted by Gasteiger charge is -2.31. The monoisotopic (exact) mass is 476 g/mol. The quantitative estimate of drug-likeness (QED) is 0.617. The van der Waals surface area contributed by atoms with Gasteiger partial charge in [-0.3, -0.25) is 4.79 Å². The van der Waals surface area contributed by atoms with Crippen LogP contribution in [0.25, 0.3) is 11.1 Å². The minimum atomic E-state index is -1.01. The Balaban J connectivity index is 1.28. The van der Waals surface area contributed by atoms with Crippen LogP contribution < -0.4 is 5.32 Å². The van der Waals surface area contributed by atoms with Crippen molar-refractivity contribution >= 4 is 18.0 Å². The van der Waals surface area contributed by atoms with Crippen LogP contribution in [-0.2, 0) is 14.3 Å². The normalized spacial score (nSPS) is 21.2. The zero-order valence-corrected chi connectivity index (χ0v) is 20.2. The van der Waals surface area contributed by atoms with E-state index in [1.165, 1.54) is 4.90 Å². The van der Waals surface area contributed by atoms with Crippen molar-refractivity contribution in [3.05, 3.63) is 59.7 Å². The van der Waals surface area contributed by atoms with Crippen LogP contribution in [0.5, 0.6) is 0 Å². The van der Waals surface area contributed by atoms with Crippen LogP contribution in [0.15, 0.2) is 48.5 Å². The molecule has 2 aliphatic carbocycles. The SMILES string of the molecule is CC1(C)CCN(C(=O)C(CC2CC2)NC(=O)OCC2c3ccccc3-c3ccccc32)C1C(=O)O. The Morgan fingerprint density at radius 1 is 1.06 bits per heavy atom. The summed E-state index contributed by atoms with van der Waals surface area (Å²) in [4.78, 5) is 39.7. The zero-order chi connectivity index (χ0) is 24.7. The number of benzene rings is 2. The number of carboxylic acid groups (broad SMARTS) is 1. The molecule has 7 heteroatoms. The zero-order valence-electron chi connectivity index (χ0n) is 20.2. The van der Waals surface area contributed by atoms with Gasteiger partial charge in [0.15, 0.2) is 0 Å². The lowest BCUT2D eigenvalue weighted by atomic mass is 9.84. The molecular formula is C28H32N2O5. The van der Waals surface area contributed by atoms with Crippen molar-refractivity contribution in [3.8, 4) is 11.1 Å². The number of carbonyl (C=O) groups is 3. The number of hydrogen-bond acceptors (Lipinski definition) is 4. The number of likely N-dealkylation sites (tertiary alicyclic amines) is 1. The summed E-state index contributed by atoms with van der Waals surface area (Å²) in [6, 6.07) is 14.6. The van der Waals surface area contributed by atoms with Gasteiger partial charge in [-0.1, -0.05) is 75.2 Å². The molecule has 1 aliphatic heterocycles. The Labute approximate surface area is 205 Å². The molecule has 2 aromatic rings. The van der Waals surface area contributed by atoms with Crippen LogP contribution in [0.1, 0.15) is 56.6 Å². The lowest BCUT2D eigenvalue weighted by Crippen LogP contribution is -2.54. The smallest absolute Gasteiger partial charge is 0.407 e. The first-order valence-electron chi connectivity index (χ1n) is 12.4. The van der Waals surface area contributed by atoms with E-state index in [2.05, 4.69) is 29.6 Å². The van der Waals surface area contributed by atoms with E-state index in [4.69, 9.17) is 4.74 Å². The van der Waals surface area contributed by atoms with Crippen LogP contribution in [0.2, 0.25) is 0 Å². The molecule has 35 heavy (non-hydrogen) atoms. The molecule has 2 N–H and O–H groups in total. The second-order valence-corrected chi connectivity index (χ2v) is 10.7. The fourth-order valence-corrected chi connectivity index (χ4v) is 5.69. The summed E-state index contributed by atoms with van der Waals surface area (Å²) in [7, 11) is 0. The van der Waals surface area contributed by atoms with Crippen molar-refractivity contribution < 1.29 is 24.2 Å². The van der Waals surface area contributed by atoms with Gasteiger partial charge in [0.1, 0.15) is 18.7 Å². The number of alkyl carbamates (subject to hydrolysis) is 1. The molecule has 0 aromatic heterocycles. The maximum absolute atomic E-state index is 13.4. The van der Waals surface area contributed by atoms with E-state index in [0.717, 1.165) is 35.1 Å². The van der Waals surface area contributed by atoms with Crippen molar-refractivity contribution in [3.63, 3.8) is 0 Å². The van der Waals surface area contributed by atoms with Gasteiger partial charge in [0.25, 0.3) is 0 Å². The van der Waals surface area contributed by atoms with Crippen molar-refractivity contribution in [2.75, 3.05) is 13.2 Å². The predicted molar refractivity (Wildman–Crippen MR) is 131 cm³/mol. The molecule has 2 unspecified atom stereocenters. The second-order valence-electron chi connectivity index (χ2n) is 10.7. The van der Waals surface area contributed by atoms with Crippen molar-refractivity contribution in [2.45, 2.75) is 57.5 Å². The van der Waals surface area contributed by atoms with Gasteiger partial charge in [-0.25, -0.2) is 9.59 Å². The molecule has 2 fully saturated rings. The summed E-state index contributed by atoms with van der Waals surface area (Å²) < 4.78 is 5.66. The van der Waals surface area contributed by atoms with E-state index in [-0.39, 0.29) is 18.4 Å². The van der Waals surface area contributed by atoms with Crippen LogP contribution in [0.4, 0.5) is 4.79 Å². The number of carbonyl (C=O) groups excluding carboxylic acids is 2. The van der Waals surface area contributed by atoms with E-state index in [1.807, 2.05) is 38.1 Å². The standard InChI is InChI=1S/C28H32N2O5/c1-28(2)13-14-30(24(28)26(32)33)25(31)23(15-17-11-12-17)29-27(34)35-16-22-20-9-5-3-7-18(20)19-8-4-6-10-21(19)22/h3-10,17,22-24H,11-16H2,1-2H3,(H,29,34)(H,32,33). The topological polar surface area (TPSA) is 95.9 Å². The number of aliphatic carboxylic acids is 1. The van der Waals surface area contributed by atoms with E-state index < -0.39 is 29.6 Å². The molecule has 0 radical (unpaired) electrons. The number of nitrogens with zero attached hydrogens (tertiary/aromatic N) is 1. The Morgan fingerprint density at radius 2 is 1.66 bits per heavy atom. The minimum Gasteiger partial charge on any atom is -0.480 e. The van der Waals surface area contributed by atoms with Gasteiger partial charge < -0.3 is 20.1 Å². The fraction of sp³-hybridized carbons (Fsp3) is 0.464. The van der Waals surface area contributed by atoms with Crippen LogP contribution in [0.3, 0.4) is 0 Å². The Morgan fingerprint density at radius 3 is 2.23 bits per heavy atom. The summed E-state index contributed by atoms with van der Waals surface area (Å²) in [5.74, 6) is -1.03.